The van der Waals surface area contributed by atoms with Crippen molar-refractivity contribution in [1.29, 1.82) is 0 Å². The molecule has 38 heavy (non-hydrogen) atoms. The van der Waals surface area contributed by atoms with Gasteiger partial charge in [-0.25, -0.2) is 0 Å². The number of hydrogen-bond donors (Lipinski definition) is 0. The van der Waals surface area contributed by atoms with Crippen LogP contribution < -0.4 is 0 Å². The fraction of sp³-hybridized carbons (Fsp3) is 0.760. The zero-order valence-corrected chi connectivity index (χ0v) is 23.3. The summed E-state index contributed by atoms with van der Waals surface area (Å²) >= 11 is 1.57. The van der Waals surface area contributed by atoms with Gasteiger partial charge in [0.05, 0.1) is 26.2 Å². The lowest BCUT2D eigenvalue weighted by molar-refractivity contribution is -0.152. The van der Waals surface area contributed by atoms with E-state index >= 15 is 0 Å². The van der Waals surface area contributed by atoms with Gasteiger partial charge in [0.1, 0.15) is 22.7 Å². The highest BCUT2D eigenvalue weighted by molar-refractivity contribution is 8.15. The average Bonchev–Trinajstić information content (AvgIpc) is 3.29. The maximum Gasteiger partial charge on any atom is 0.307 e. The van der Waals surface area contributed by atoms with E-state index in [1.54, 1.807) is 7.05 Å². The molecule has 0 aromatic heterocycles. The Labute approximate surface area is 230 Å². The van der Waals surface area contributed by atoms with E-state index in [-0.39, 0.29) is 38.4 Å². The van der Waals surface area contributed by atoms with Crippen molar-refractivity contribution in [3.63, 3.8) is 0 Å². The van der Waals surface area contributed by atoms with Gasteiger partial charge in [-0.3, -0.25) is 43.5 Å². The van der Waals surface area contributed by atoms with E-state index in [2.05, 4.69) is 0 Å². The van der Waals surface area contributed by atoms with Crippen molar-refractivity contribution in [2.45, 2.75) is 99.8 Å². The van der Waals surface area contributed by atoms with Crippen molar-refractivity contribution in [2.75, 3.05) is 20.4 Å². The molecule has 0 aromatic rings. The van der Waals surface area contributed by atoms with Crippen molar-refractivity contribution in [2.24, 2.45) is 0 Å². The highest BCUT2D eigenvalue weighted by Crippen LogP contribution is 2.32. The van der Waals surface area contributed by atoms with E-state index < -0.39 is 44.7 Å². The standard InChI is InChI=1S/C25H35N3O8S2/c1-26(14-27-22(31)18(37-24(27)33)12-20(29)35-16-8-4-2-5-9-16)15-28-23(32)19(38-25(28)34)13-21(30)36-17-10-6-3-7-11-17/h16-19H,2-15H2,1H3. The Morgan fingerprint density at radius 3 is 1.45 bits per heavy atom. The second kappa shape index (κ2) is 13.3. The molecular weight excluding hydrogens is 534 g/mol. The van der Waals surface area contributed by atoms with E-state index in [4.69, 9.17) is 9.47 Å². The number of rotatable bonds is 10. The summed E-state index contributed by atoms with van der Waals surface area (Å²) < 4.78 is 11.0. The van der Waals surface area contributed by atoms with E-state index in [0.717, 1.165) is 97.5 Å². The summed E-state index contributed by atoms with van der Waals surface area (Å²) in [4.78, 5) is 78.8. The van der Waals surface area contributed by atoms with Gasteiger partial charge >= 0.3 is 11.9 Å². The first-order chi connectivity index (χ1) is 18.2. The molecular formula is C25H35N3O8S2. The van der Waals surface area contributed by atoms with Crippen molar-refractivity contribution in [3.05, 3.63) is 0 Å². The molecule has 4 rings (SSSR count). The van der Waals surface area contributed by atoms with Crippen LogP contribution in [0.5, 0.6) is 0 Å². The molecule has 2 aliphatic heterocycles. The average molecular weight is 570 g/mol. The van der Waals surface area contributed by atoms with Crippen LogP contribution in [-0.2, 0) is 28.7 Å². The van der Waals surface area contributed by atoms with Crippen molar-refractivity contribution < 1.29 is 38.2 Å². The third kappa shape index (κ3) is 7.50. The Morgan fingerprint density at radius 2 is 1.08 bits per heavy atom. The molecule has 2 aliphatic carbocycles. The van der Waals surface area contributed by atoms with Crippen molar-refractivity contribution in [3.8, 4) is 0 Å². The zero-order chi connectivity index (χ0) is 27.2. The molecule has 2 atom stereocenters. The second-order valence-electron chi connectivity index (χ2n) is 10.3. The Kier molecular flexibility index (Phi) is 10.1. The maximum absolute atomic E-state index is 12.8. The highest BCUT2D eigenvalue weighted by Gasteiger charge is 2.44. The lowest BCUT2D eigenvalue weighted by Crippen LogP contribution is -2.46. The summed E-state index contributed by atoms with van der Waals surface area (Å²) in [6, 6.07) is 0. The molecule has 4 aliphatic rings. The van der Waals surface area contributed by atoms with Gasteiger partial charge < -0.3 is 9.47 Å². The minimum Gasteiger partial charge on any atom is -0.462 e. The Bertz CT molecular complexity index is 877. The van der Waals surface area contributed by atoms with Crippen LogP contribution in [-0.4, -0.2) is 92.0 Å². The van der Waals surface area contributed by atoms with E-state index in [0.29, 0.717) is 0 Å². The van der Waals surface area contributed by atoms with E-state index in [1.165, 1.54) is 4.90 Å². The highest BCUT2D eigenvalue weighted by atomic mass is 32.2. The number of nitrogens with zero attached hydrogens (tertiary/aromatic N) is 3. The van der Waals surface area contributed by atoms with Gasteiger partial charge in [-0.05, 0) is 58.4 Å². The van der Waals surface area contributed by atoms with Crippen LogP contribution >= 0.6 is 23.5 Å². The van der Waals surface area contributed by atoms with Crippen LogP contribution in [0, 0.1) is 0 Å². The monoisotopic (exact) mass is 569 g/mol. The van der Waals surface area contributed by atoms with Crippen LogP contribution in [0.1, 0.15) is 77.0 Å². The summed E-state index contributed by atoms with van der Waals surface area (Å²) in [6.45, 7) is -0.288. The predicted octanol–water partition coefficient (Wildman–Crippen LogP) is 3.49. The van der Waals surface area contributed by atoms with Gasteiger partial charge in [0.25, 0.3) is 10.5 Å². The van der Waals surface area contributed by atoms with Crippen molar-refractivity contribution in [1.82, 2.24) is 14.7 Å². The summed E-state index contributed by atoms with van der Waals surface area (Å²) in [5.74, 6) is -1.96. The SMILES string of the molecule is CN(CN1C(=O)SC(CC(=O)OC2CCCCC2)C1=O)CN1C(=O)SC(CC(=O)OC2CCCCC2)C1=O. The number of ether oxygens (including phenoxy) is 2. The second-order valence-corrected chi connectivity index (χ2v) is 12.6. The van der Waals surface area contributed by atoms with Gasteiger partial charge in [0.2, 0.25) is 11.8 Å². The number of thioether (sulfide) groups is 2. The molecule has 0 radical (unpaired) electrons. The minimum absolute atomic E-state index is 0.123. The van der Waals surface area contributed by atoms with Crippen LogP contribution in [0.3, 0.4) is 0 Å². The lowest BCUT2D eigenvalue weighted by Gasteiger charge is -2.26. The molecule has 2 saturated heterocycles. The molecule has 2 unspecified atom stereocenters. The van der Waals surface area contributed by atoms with E-state index in [9.17, 15) is 28.8 Å². The van der Waals surface area contributed by atoms with Gasteiger partial charge in [-0.15, -0.1) is 0 Å². The quantitative estimate of drug-likeness (QED) is 0.358. The fourth-order valence-corrected chi connectivity index (χ4v) is 7.11. The maximum atomic E-state index is 12.8. The Hall–Kier alpha value is -2.12. The van der Waals surface area contributed by atoms with Gasteiger partial charge in [0.15, 0.2) is 0 Å². The smallest absolute Gasteiger partial charge is 0.307 e. The summed E-state index contributed by atoms with van der Waals surface area (Å²) in [5.41, 5.74) is 0. The first kappa shape index (κ1) is 28.9. The fourth-order valence-electron chi connectivity index (χ4n) is 5.18. The molecule has 0 spiro atoms. The molecule has 2 saturated carbocycles. The largest absolute Gasteiger partial charge is 0.462 e. The van der Waals surface area contributed by atoms with Crippen LogP contribution in [0.15, 0.2) is 0 Å². The van der Waals surface area contributed by atoms with Crippen LogP contribution in [0.4, 0.5) is 9.59 Å². The number of amides is 4. The van der Waals surface area contributed by atoms with Crippen molar-refractivity contribution >= 4 is 57.8 Å². The summed E-state index contributed by atoms with van der Waals surface area (Å²) in [5, 5.41) is -2.68. The lowest BCUT2D eigenvalue weighted by atomic mass is 9.98. The number of carbonyl (C=O) groups is 6. The van der Waals surface area contributed by atoms with Gasteiger partial charge in [-0.1, -0.05) is 36.4 Å². The van der Waals surface area contributed by atoms with Crippen LogP contribution in [0.25, 0.3) is 0 Å². The van der Waals surface area contributed by atoms with Crippen LogP contribution in [0.2, 0.25) is 0 Å². The first-order valence-corrected chi connectivity index (χ1v) is 15.1. The molecule has 210 valence electrons. The number of hydrogen-bond acceptors (Lipinski definition) is 11. The normalized spacial score (nSPS) is 25.5. The molecule has 0 bridgehead atoms. The Morgan fingerprint density at radius 1 is 0.711 bits per heavy atom. The molecule has 2 heterocycles. The number of carbonyl (C=O) groups excluding carboxylic acids is 6. The summed E-state index contributed by atoms with van der Waals surface area (Å²) in [6.07, 6.45) is 9.00. The predicted molar refractivity (Wildman–Crippen MR) is 140 cm³/mol. The zero-order valence-electron chi connectivity index (χ0n) is 21.6. The minimum atomic E-state index is -0.850. The number of esters is 2. The van der Waals surface area contributed by atoms with Gasteiger partial charge in [0, 0.05) is 0 Å². The van der Waals surface area contributed by atoms with E-state index in [1.807, 2.05) is 0 Å². The molecule has 4 amide bonds. The molecule has 4 fully saturated rings. The van der Waals surface area contributed by atoms with Gasteiger partial charge in [-0.2, -0.15) is 0 Å². The first-order valence-electron chi connectivity index (χ1n) is 13.3. The molecule has 0 aromatic carbocycles. The molecule has 0 N–H and O–H groups in total. The molecule has 11 nitrogen and oxygen atoms in total. The number of imide groups is 2. The molecule has 13 heteroatoms. The Balaban J connectivity index is 1.23. The summed E-state index contributed by atoms with van der Waals surface area (Å²) in [7, 11) is 1.58. The third-order valence-corrected chi connectivity index (χ3v) is 9.33. The topological polar surface area (TPSA) is 131 Å². The third-order valence-electron chi connectivity index (χ3n) is 7.18.